The molecule has 0 saturated heterocycles. The van der Waals surface area contributed by atoms with Crippen molar-refractivity contribution in [3.63, 3.8) is 0 Å². The lowest BCUT2D eigenvalue weighted by atomic mass is 9.95. The third kappa shape index (κ3) is 2.58. The Balaban J connectivity index is 2.17. The van der Waals surface area contributed by atoms with E-state index in [0.29, 0.717) is 17.0 Å². The molecule has 0 amide bonds. The zero-order valence-electron chi connectivity index (χ0n) is 11.4. The summed E-state index contributed by atoms with van der Waals surface area (Å²) in [6, 6.07) is 13.4. The van der Waals surface area contributed by atoms with Crippen molar-refractivity contribution in [2.75, 3.05) is 0 Å². The van der Waals surface area contributed by atoms with Gasteiger partial charge in [-0.15, -0.1) is 6.58 Å². The molecule has 0 saturated carbocycles. The number of hydrogen-bond acceptors (Lipinski definition) is 3. The fraction of sp³-hybridized carbons (Fsp3) is 0.118. The van der Waals surface area contributed by atoms with Gasteiger partial charge in [-0.2, -0.15) is 0 Å². The highest BCUT2D eigenvalue weighted by molar-refractivity contribution is 6.31. The first-order chi connectivity index (χ1) is 10.2. The Kier molecular flexibility index (Phi) is 3.78. The van der Waals surface area contributed by atoms with E-state index in [-0.39, 0.29) is 6.04 Å². The molecule has 0 bridgehead atoms. The predicted octanol–water partition coefficient (Wildman–Crippen LogP) is 4.72. The van der Waals surface area contributed by atoms with E-state index in [1.54, 1.807) is 6.07 Å². The fourth-order valence-electron chi connectivity index (χ4n) is 2.45. The summed E-state index contributed by atoms with van der Waals surface area (Å²) < 4.78 is 5.38. The molecule has 0 aliphatic rings. The van der Waals surface area contributed by atoms with Crippen LogP contribution >= 0.6 is 11.6 Å². The summed E-state index contributed by atoms with van der Waals surface area (Å²) in [6.45, 7) is 3.75. The molecular formula is C17H15ClN2O. The predicted molar refractivity (Wildman–Crippen MR) is 86.2 cm³/mol. The minimum atomic E-state index is -0.113. The van der Waals surface area contributed by atoms with E-state index in [1.165, 1.54) is 0 Å². The lowest BCUT2D eigenvalue weighted by Gasteiger charge is -2.13. The van der Waals surface area contributed by atoms with E-state index >= 15 is 0 Å². The average Bonchev–Trinajstić information content (AvgIpc) is 2.90. The van der Waals surface area contributed by atoms with Crippen molar-refractivity contribution in [3.05, 3.63) is 65.7 Å². The molecule has 106 valence electrons. The molecule has 3 nitrogen and oxygen atoms in total. The number of fused-ring (bicyclic) bond motifs is 1. The monoisotopic (exact) mass is 298 g/mol. The highest BCUT2D eigenvalue weighted by atomic mass is 35.5. The molecule has 1 heterocycles. The van der Waals surface area contributed by atoms with Crippen LogP contribution in [-0.2, 0) is 0 Å². The zero-order chi connectivity index (χ0) is 14.8. The highest BCUT2D eigenvalue weighted by Crippen LogP contribution is 2.34. The molecule has 21 heavy (non-hydrogen) atoms. The standard InChI is InChI=1S/C17H15ClN2O/c1-2-5-15(19)12-6-3-4-7-13(12)17-14-9-8-11(18)10-16(14)21-20-17/h2-4,6-10,15H,1,5,19H2. The summed E-state index contributed by atoms with van der Waals surface area (Å²) in [6.07, 6.45) is 2.53. The molecule has 0 spiro atoms. The smallest absolute Gasteiger partial charge is 0.169 e. The second kappa shape index (κ2) is 5.72. The molecule has 3 aromatic rings. The summed E-state index contributed by atoms with van der Waals surface area (Å²) in [5.41, 5.74) is 9.70. The zero-order valence-corrected chi connectivity index (χ0v) is 12.2. The second-order valence-corrected chi connectivity index (χ2v) is 5.33. The van der Waals surface area contributed by atoms with Crippen molar-refractivity contribution in [2.24, 2.45) is 5.73 Å². The van der Waals surface area contributed by atoms with Crippen molar-refractivity contribution >= 4 is 22.6 Å². The van der Waals surface area contributed by atoms with Crippen LogP contribution in [0.5, 0.6) is 0 Å². The number of halogens is 1. The van der Waals surface area contributed by atoms with Gasteiger partial charge in [0.15, 0.2) is 5.58 Å². The van der Waals surface area contributed by atoms with Gasteiger partial charge >= 0.3 is 0 Å². The second-order valence-electron chi connectivity index (χ2n) is 4.89. The topological polar surface area (TPSA) is 52.0 Å². The molecule has 0 aliphatic heterocycles. The van der Waals surface area contributed by atoms with Crippen LogP contribution in [-0.4, -0.2) is 5.16 Å². The number of benzene rings is 2. The average molecular weight is 299 g/mol. The maximum absolute atomic E-state index is 6.23. The van der Waals surface area contributed by atoms with Crippen molar-refractivity contribution in [3.8, 4) is 11.3 Å². The molecule has 3 rings (SSSR count). The molecule has 1 aromatic heterocycles. The van der Waals surface area contributed by atoms with Gasteiger partial charge in [0.2, 0.25) is 0 Å². The van der Waals surface area contributed by atoms with Crippen molar-refractivity contribution < 1.29 is 4.52 Å². The molecular weight excluding hydrogens is 284 g/mol. The fourth-order valence-corrected chi connectivity index (χ4v) is 2.61. The largest absolute Gasteiger partial charge is 0.356 e. The van der Waals surface area contributed by atoms with Crippen LogP contribution in [0.25, 0.3) is 22.2 Å². The maximum atomic E-state index is 6.23. The van der Waals surface area contributed by atoms with E-state index in [0.717, 1.165) is 22.2 Å². The number of nitrogens with zero attached hydrogens (tertiary/aromatic N) is 1. The van der Waals surface area contributed by atoms with Gasteiger partial charge in [0.1, 0.15) is 5.69 Å². The number of aromatic nitrogens is 1. The van der Waals surface area contributed by atoms with E-state index in [1.807, 2.05) is 42.5 Å². The van der Waals surface area contributed by atoms with Crippen LogP contribution < -0.4 is 5.73 Å². The van der Waals surface area contributed by atoms with Gasteiger partial charge in [0.05, 0.1) is 0 Å². The van der Waals surface area contributed by atoms with Gasteiger partial charge < -0.3 is 10.3 Å². The molecule has 1 unspecified atom stereocenters. The number of rotatable bonds is 4. The molecule has 2 N–H and O–H groups in total. The van der Waals surface area contributed by atoms with Crippen molar-refractivity contribution in [1.29, 1.82) is 0 Å². The number of hydrogen-bond donors (Lipinski definition) is 1. The summed E-state index contributed by atoms with van der Waals surface area (Å²) in [5, 5.41) is 5.75. The summed E-state index contributed by atoms with van der Waals surface area (Å²) in [5.74, 6) is 0. The summed E-state index contributed by atoms with van der Waals surface area (Å²) in [7, 11) is 0. The Labute approximate surface area is 128 Å². The SMILES string of the molecule is C=CCC(N)c1ccccc1-c1noc2cc(Cl)ccc12. The van der Waals surface area contributed by atoms with Gasteiger partial charge in [-0.1, -0.05) is 47.1 Å². The Morgan fingerprint density at radius 1 is 1.29 bits per heavy atom. The van der Waals surface area contributed by atoms with E-state index in [2.05, 4.69) is 11.7 Å². The van der Waals surface area contributed by atoms with Gasteiger partial charge in [0, 0.05) is 28.1 Å². The molecule has 0 aliphatic carbocycles. The third-order valence-electron chi connectivity index (χ3n) is 3.47. The van der Waals surface area contributed by atoms with E-state index in [4.69, 9.17) is 21.9 Å². The van der Waals surface area contributed by atoms with Gasteiger partial charge in [-0.3, -0.25) is 0 Å². The minimum absolute atomic E-state index is 0.113. The van der Waals surface area contributed by atoms with Gasteiger partial charge in [-0.05, 0) is 24.1 Å². The first-order valence-electron chi connectivity index (χ1n) is 6.71. The first kappa shape index (κ1) is 13.9. The molecule has 0 radical (unpaired) electrons. The quantitative estimate of drug-likeness (QED) is 0.709. The van der Waals surface area contributed by atoms with Crippen LogP contribution in [0.2, 0.25) is 5.02 Å². The first-order valence-corrected chi connectivity index (χ1v) is 7.09. The van der Waals surface area contributed by atoms with Crippen LogP contribution in [0.3, 0.4) is 0 Å². The normalized spacial score (nSPS) is 12.5. The summed E-state index contributed by atoms with van der Waals surface area (Å²) in [4.78, 5) is 0. The number of nitrogens with two attached hydrogens (primary N) is 1. The van der Waals surface area contributed by atoms with Gasteiger partial charge in [0.25, 0.3) is 0 Å². The van der Waals surface area contributed by atoms with Crippen LogP contribution in [0.15, 0.2) is 59.6 Å². The Bertz CT molecular complexity index is 794. The Hall–Kier alpha value is -2.10. The lowest BCUT2D eigenvalue weighted by Crippen LogP contribution is -2.10. The minimum Gasteiger partial charge on any atom is -0.356 e. The van der Waals surface area contributed by atoms with Crippen molar-refractivity contribution in [2.45, 2.75) is 12.5 Å². The third-order valence-corrected chi connectivity index (χ3v) is 3.71. The van der Waals surface area contributed by atoms with Crippen LogP contribution in [0.4, 0.5) is 0 Å². The van der Waals surface area contributed by atoms with E-state index in [9.17, 15) is 0 Å². The molecule has 2 aromatic carbocycles. The van der Waals surface area contributed by atoms with Crippen LogP contribution in [0, 0.1) is 0 Å². The molecule has 1 atom stereocenters. The Morgan fingerprint density at radius 3 is 2.90 bits per heavy atom. The van der Waals surface area contributed by atoms with E-state index < -0.39 is 0 Å². The maximum Gasteiger partial charge on any atom is 0.169 e. The molecule has 0 fully saturated rings. The summed E-state index contributed by atoms with van der Waals surface area (Å²) >= 11 is 5.98. The van der Waals surface area contributed by atoms with Crippen molar-refractivity contribution in [1.82, 2.24) is 5.16 Å². The Morgan fingerprint density at radius 2 is 2.10 bits per heavy atom. The molecule has 4 heteroatoms. The van der Waals surface area contributed by atoms with Crippen LogP contribution in [0.1, 0.15) is 18.0 Å². The highest BCUT2D eigenvalue weighted by Gasteiger charge is 2.16. The van der Waals surface area contributed by atoms with Gasteiger partial charge in [-0.25, -0.2) is 0 Å². The lowest BCUT2D eigenvalue weighted by molar-refractivity contribution is 0.459.